The van der Waals surface area contributed by atoms with Crippen LogP contribution in [0.4, 0.5) is 0 Å². The number of hydrogen-bond donors (Lipinski definition) is 0. The van der Waals surface area contributed by atoms with Gasteiger partial charge in [0.2, 0.25) is 0 Å². The summed E-state index contributed by atoms with van der Waals surface area (Å²) in [6, 6.07) is 0. The van der Waals surface area contributed by atoms with Gasteiger partial charge in [-0.2, -0.15) is 0 Å². The molecule has 0 unspecified atom stereocenters. The molecule has 62 valence electrons. The van der Waals surface area contributed by atoms with Crippen LogP contribution in [0.5, 0.6) is 0 Å². The monoisotopic (exact) mass is 150 g/mol. The fraction of sp³-hybridized carbons (Fsp3) is 0.636. The van der Waals surface area contributed by atoms with Crippen LogP contribution < -0.4 is 0 Å². The van der Waals surface area contributed by atoms with Crippen LogP contribution in [0.1, 0.15) is 40.5 Å². The molecule has 0 amide bonds. The molecule has 0 rings (SSSR count). The molecule has 0 aliphatic heterocycles. The zero-order valence-corrected chi connectivity index (χ0v) is 8.07. The minimum atomic E-state index is 0.0615. The summed E-state index contributed by atoms with van der Waals surface area (Å²) in [4.78, 5) is 0. The second-order valence-electron chi connectivity index (χ2n) is 3.85. The summed E-state index contributed by atoms with van der Waals surface area (Å²) in [5.41, 5.74) is 1.43. The summed E-state index contributed by atoms with van der Waals surface area (Å²) < 4.78 is 0. The lowest BCUT2D eigenvalue weighted by Crippen LogP contribution is -2.06. The van der Waals surface area contributed by atoms with Gasteiger partial charge in [-0.25, -0.2) is 0 Å². The molecule has 0 aromatic rings. The van der Waals surface area contributed by atoms with Crippen molar-refractivity contribution >= 4 is 0 Å². The van der Waals surface area contributed by atoms with Crippen molar-refractivity contribution in [2.45, 2.75) is 40.5 Å². The van der Waals surface area contributed by atoms with Crippen LogP contribution in [-0.2, 0) is 0 Å². The third-order valence-electron chi connectivity index (χ3n) is 1.71. The van der Waals surface area contributed by atoms with E-state index in [9.17, 15) is 0 Å². The maximum absolute atomic E-state index is 5.35. The van der Waals surface area contributed by atoms with Gasteiger partial charge in [0.15, 0.2) is 0 Å². The highest BCUT2D eigenvalue weighted by molar-refractivity contribution is 5.02. The van der Waals surface area contributed by atoms with Gasteiger partial charge in [-0.1, -0.05) is 11.6 Å². The first-order chi connectivity index (χ1) is 4.98. The molecule has 0 atom stereocenters. The standard InChI is InChI=1S/C11H18/c1-6-11(4,5)9-7-8-10(2)3/h1,8H,7,9H2,2-5H3. The van der Waals surface area contributed by atoms with Crippen molar-refractivity contribution in [1.82, 2.24) is 0 Å². The third kappa shape index (κ3) is 5.73. The van der Waals surface area contributed by atoms with Crippen LogP contribution >= 0.6 is 0 Å². The van der Waals surface area contributed by atoms with Crippen molar-refractivity contribution in [2.24, 2.45) is 5.41 Å². The van der Waals surface area contributed by atoms with E-state index in [-0.39, 0.29) is 5.41 Å². The molecule has 0 nitrogen and oxygen atoms in total. The van der Waals surface area contributed by atoms with Crippen LogP contribution in [0.25, 0.3) is 0 Å². The maximum atomic E-state index is 5.35. The summed E-state index contributed by atoms with van der Waals surface area (Å²) in [6.07, 6.45) is 9.76. The van der Waals surface area contributed by atoms with E-state index in [1.807, 2.05) is 0 Å². The fourth-order valence-corrected chi connectivity index (χ4v) is 0.794. The average molecular weight is 150 g/mol. The molecular weight excluding hydrogens is 132 g/mol. The number of terminal acetylenes is 1. The van der Waals surface area contributed by atoms with E-state index in [1.54, 1.807) is 0 Å². The SMILES string of the molecule is C#CC(C)(C)CCC=C(C)C. The molecule has 0 radical (unpaired) electrons. The molecule has 0 aromatic carbocycles. The van der Waals surface area contributed by atoms with Crippen molar-refractivity contribution in [3.05, 3.63) is 11.6 Å². The molecular formula is C11H18. The molecule has 0 heterocycles. The second-order valence-corrected chi connectivity index (χ2v) is 3.85. The van der Waals surface area contributed by atoms with Gasteiger partial charge in [-0.3, -0.25) is 0 Å². The lowest BCUT2D eigenvalue weighted by molar-refractivity contribution is 0.463. The van der Waals surface area contributed by atoms with Gasteiger partial charge in [-0.05, 0) is 40.5 Å². The molecule has 0 aromatic heterocycles. The summed E-state index contributed by atoms with van der Waals surface area (Å²) in [5.74, 6) is 2.79. The molecule has 0 aliphatic carbocycles. The summed E-state index contributed by atoms with van der Waals surface area (Å²) >= 11 is 0. The van der Waals surface area contributed by atoms with Gasteiger partial charge in [0.05, 0.1) is 0 Å². The largest absolute Gasteiger partial charge is 0.120 e. The van der Waals surface area contributed by atoms with E-state index in [1.165, 1.54) is 5.57 Å². The Kier molecular flexibility index (Phi) is 3.97. The predicted octanol–water partition coefficient (Wildman–Crippen LogP) is 3.39. The quantitative estimate of drug-likeness (QED) is 0.427. The van der Waals surface area contributed by atoms with E-state index in [0.717, 1.165) is 12.8 Å². The topological polar surface area (TPSA) is 0 Å². The Morgan fingerprint density at radius 3 is 2.36 bits per heavy atom. The Morgan fingerprint density at radius 2 is 2.00 bits per heavy atom. The minimum absolute atomic E-state index is 0.0615. The zero-order chi connectivity index (χ0) is 8.91. The van der Waals surface area contributed by atoms with E-state index >= 15 is 0 Å². The smallest absolute Gasteiger partial charge is 0.0258 e. The summed E-state index contributed by atoms with van der Waals surface area (Å²) in [7, 11) is 0. The molecule has 0 N–H and O–H groups in total. The molecule has 0 bridgehead atoms. The Morgan fingerprint density at radius 1 is 1.45 bits per heavy atom. The van der Waals surface area contributed by atoms with Crippen LogP contribution in [0.2, 0.25) is 0 Å². The molecule has 11 heavy (non-hydrogen) atoms. The second kappa shape index (κ2) is 4.23. The molecule has 0 heteroatoms. The minimum Gasteiger partial charge on any atom is -0.120 e. The van der Waals surface area contributed by atoms with Crippen LogP contribution in [0, 0.1) is 17.8 Å². The Hall–Kier alpha value is -0.700. The average Bonchev–Trinajstić information content (AvgIpc) is 1.87. The van der Waals surface area contributed by atoms with Crippen molar-refractivity contribution in [1.29, 1.82) is 0 Å². The fourth-order valence-electron chi connectivity index (χ4n) is 0.794. The van der Waals surface area contributed by atoms with E-state index < -0.39 is 0 Å². The Balaban J connectivity index is 3.74. The third-order valence-corrected chi connectivity index (χ3v) is 1.71. The van der Waals surface area contributed by atoms with Gasteiger partial charge in [-0.15, -0.1) is 12.3 Å². The van der Waals surface area contributed by atoms with Crippen LogP contribution in [0.3, 0.4) is 0 Å². The van der Waals surface area contributed by atoms with Crippen molar-refractivity contribution in [3.63, 3.8) is 0 Å². The lowest BCUT2D eigenvalue weighted by Gasteiger charge is -2.15. The van der Waals surface area contributed by atoms with Gasteiger partial charge in [0, 0.05) is 5.41 Å². The molecule has 0 aliphatic rings. The van der Waals surface area contributed by atoms with Crippen molar-refractivity contribution in [2.75, 3.05) is 0 Å². The Bertz CT molecular complexity index is 173. The number of hydrogen-bond acceptors (Lipinski definition) is 0. The number of rotatable bonds is 3. The maximum Gasteiger partial charge on any atom is 0.0258 e. The number of allylic oxidation sites excluding steroid dienone is 2. The zero-order valence-electron chi connectivity index (χ0n) is 8.07. The first-order valence-electron chi connectivity index (χ1n) is 4.09. The summed E-state index contributed by atoms with van der Waals surface area (Å²) in [5, 5.41) is 0. The van der Waals surface area contributed by atoms with Gasteiger partial charge < -0.3 is 0 Å². The molecule has 0 spiro atoms. The van der Waals surface area contributed by atoms with E-state index in [0.29, 0.717) is 0 Å². The van der Waals surface area contributed by atoms with E-state index in [4.69, 9.17) is 6.42 Å². The lowest BCUT2D eigenvalue weighted by atomic mass is 9.89. The van der Waals surface area contributed by atoms with Gasteiger partial charge in [0.25, 0.3) is 0 Å². The molecule has 0 fully saturated rings. The summed E-state index contributed by atoms with van der Waals surface area (Å²) in [6.45, 7) is 8.43. The van der Waals surface area contributed by atoms with Crippen molar-refractivity contribution in [3.8, 4) is 12.3 Å². The molecule has 0 saturated heterocycles. The van der Waals surface area contributed by atoms with Crippen molar-refractivity contribution < 1.29 is 0 Å². The highest BCUT2D eigenvalue weighted by Gasteiger charge is 2.11. The first-order valence-corrected chi connectivity index (χ1v) is 4.09. The normalized spacial score (nSPS) is 10.5. The van der Waals surface area contributed by atoms with Gasteiger partial charge >= 0.3 is 0 Å². The van der Waals surface area contributed by atoms with Crippen LogP contribution in [0.15, 0.2) is 11.6 Å². The first kappa shape index (κ1) is 10.3. The van der Waals surface area contributed by atoms with Crippen LogP contribution in [-0.4, -0.2) is 0 Å². The molecule has 0 saturated carbocycles. The Labute approximate surface area is 70.7 Å². The predicted molar refractivity (Wildman–Crippen MR) is 51.3 cm³/mol. The highest BCUT2D eigenvalue weighted by Crippen LogP contribution is 2.20. The van der Waals surface area contributed by atoms with E-state index in [2.05, 4.69) is 39.7 Å². The van der Waals surface area contributed by atoms with Gasteiger partial charge in [0.1, 0.15) is 0 Å². The highest BCUT2D eigenvalue weighted by atomic mass is 14.1.